The highest BCUT2D eigenvalue weighted by Crippen LogP contribution is 2.41. The molecule has 2 N–H and O–H groups in total. The summed E-state index contributed by atoms with van der Waals surface area (Å²) in [5.41, 5.74) is 3.18. The first-order valence-corrected chi connectivity index (χ1v) is 10.2. The largest absolute Gasteiger partial charge is 0.340 e. The maximum Gasteiger partial charge on any atom is 0.171 e. The van der Waals surface area contributed by atoms with E-state index in [0.717, 1.165) is 43.6 Å². The van der Waals surface area contributed by atoms with Gasteiger partial charge in [0, 0.05) is 29.8 Å². The normalized spacial score (nSPS) is 13.6. The van der Waals surface area contributed by atoms with Gasteiger partial charge in [0.05, 0.1) is 9.21 Å². The number of hydrogen-bond donors (Lipinski definition) is 2. The zero-order valence-corrected chi connectivity index (χ0v) is 16.3. The number of aromatic nitrogens is 6. The van der Waals surface area contributed by atoms with Gasteiger partial charge in [0.15, 0.2) is 11.6 Å². The number of nitrogens with one attached hydrogen (secondary N) is 2. The fourth-order valence-corrected chi connectivity index (χ4v) is 3.94. The van der Waals surface area contributed by atoms with Crippen molar-refractivity contribution in [3.63, 3.8) is 0 Å². The molecular weight excluding hydrogens is 394 g/mol. The molecule has 0 atom stereocenters. The Morgan fingerprint density at radius 2 is 1.96 bits per heavy atom. The fourth-order valence-electron chi connectivity index (χ4n) is 2.96. The number of halogens is 1. The zero-order chi connectivity index (χ0) is 18.9. The molecule has 0 spiro atoms. The molecular formula is C19H16ClN7S. The van der Waals surface area contributed by atoms with Gasteiger partial charge in [-0.2, -0.15) is 0 Å². The molecule has 28 heavy (non-hydrogen) atoms. The van der Waals surface area contributed by atoms with Gasteiger partial charge in [0.2, 0.25) is 0 Å². The van der Waals surface area contributed by atoms with Crippen LogP contribution >= 0.6 is 22.9 Å². The third kappa shape index (κ3) is 3.88. The van der Waals surface area contributed by atoms with Crippen LogP contribution in [0.5, 0.6) is 0 Å². The molecule has 0 aliphatic heterocycles. The highest BCUT2D eigenvalue weighted by Gasteiger charge is 2.26. The summed E-state index contributed by atoms with van der Waals surface area (Å²) in [6.45, 7) is 0. The van der Waals surface area contributed by atoms with Crippen molar-refractivity contribution in [2.45, 2.75) is 25.2 Å². The minimum Gasteiger partial charge on any atom is -0.340 e. The van der Waals surface area contributed by atoms with Gasteiger partial charge >= 0.3 is 0 Å². The Kier molecular flexibility index (Phi) is 4.50. The molecule has 1 aliphatic carbocycles. The van der Waals surface area contributed by atoms with E-state index in [-0.39, 0.29) is 0 Å². The summed E-state index contributed by atoms with van der Waals surface area (Å²) in [4.78, 5) is 10.4. The van der Waals surface area contributed by atoms with Crippen LogP contribution in [0.2, 0.25) is 4.34 Å². The van der Waals surface area contributed by atoms with E-state index in [1.165, 1.54) is 24.2 Å². The summed E-state index contributed by atoms with van der Waals surface area (Å²) in [6, 6.07) is 14.0. The Balaban J connectivity index is 1.39. The number of tetrazole rings is 1. The molecule has 1 saturated carbocycles. The molecule has 0 amide bonds. The highest BCUT2D eigenvalue weighted by atomic mass is 35.5. The summed E-state index contributed by atoms with van der Waals surface area (Å²) in [6.07, 6.45) is 3.04. The van der Waals surface area contributed by atoms with Gasteiger partial charge in [0.25, 0.3) is 0 Å². The van der Waals surface area contributed by atoms with Crippen LogP contribution in [0.15, 0.2) is 42.5 Å². The lowest BCUT2D eigenvalue weighted by atomic mass is 10.1. The molecule has 3 heterocycles. The third-order valence-electron chi connectivity index (χ3n) is 4.52. The Bertz CT molecular complexity index is 1090. The first-order chi connectivity index (χ1) is 13.7. The van der Waals surface area contributed by atoms with Crippen LogP contribution in [-0.2, 0) is 6.42 Å². The molecule has 7 nitrogen and oxygen atoms in total. The number of aromatic amines is 1. The Morgan fingerprint density at radius 3 is 2.64 bits per heavy atom. The van der Waals surface area contributed by atoms with Gasteiger partial charge in [-0.25, -0.2) is 15.1 Å². The van der Waals surface area contributed by atoms with Crippen molar-refractivity contribution in [3.05, 3.63) is 63.9 Å². The monoisotopic (exact) mass is 409 g/mol. The second kappa shape index (κ2) is 7.29. The van der Waals surface area contributed by atoms with Crippen LogP contribution in [0.1, 0.15) is 35.8 Å². The number of rotatable bonds is 6. The van der Waals surface area contributed by atoms with Gasteiger partial charge in [-0.05, 0) is 53.1 Å². The van der Waals surface area contributed by atoms with Gasteiger partial charge in [-0.3, -0.25) is 0 Å². The summed E-state index contributed by atoms with van der Waals surface area (Å²) < 4.78 is 0.738. The third-order valence-corrected chi connectivity index (χ3v) is 5.75. The molecule has 140 valence electrons. The quantitative estimate of drug-likeness (QED) is 0.484. The van der Waals surface area contributed by atoms with Gasteiger partial charge in [-0.1, -0.05) is 23.7 Å². The number of anilines is 2. The smallest absolute Gasteiger partial charge is 0.171 e. The predicted molar refractivity (Wildman–Crippen MR) is 109 cm³/mol. The van der Waals surface area contributed by atoms with E-state index in [0.29, 0.717) is 12.3 Å². The molecule has 0 saturated heterocycles. The maximum absolute atomic E-state index is 6.09. The second-order valence-electron chi connectivity index (χ2n) is 6.73. The van der Waals surface area contributed by atoms with Crippen molar-refractivity contribution in [3.8, 4) is 10.7 Å². The Morgan fingerprint density at radius 1 is 1.11 bits per heavy atom. The molecule has 1 aliphatic rings. The van der Waals surface area contributed by atoms with Crippen molar-refractivity contribution < 1.29 is 0 Å². The summed E-state index contributed by atoms with van der Waals surface area (Å²) >= 11 is 7.59. The molecule has 9 heteroatoms. The standard InChI is InChI=1S/C19H16ClN7S/c20-16-8-7-15(28-16)19-22-14(12-3-4-12)10-17(23-19)21-13-5-1-11(2-6-13)9-18-24-26-27-25-18/h1-2,5-8,10,12H,3-4,9H2,(H,21,22,23)(H,24,25,26,27). The SMILES string of the molecule is Clc1ccc(-c2nc(Nc3ccc(Cc4nnn[nH]4)cc3)cc(C3CC3)n2)s1. The Labute approximate surface area is 170 Å². The predicted octanol–water partition coefficient (Wildman–Crippen LogP) is 4.58. The van der Waals surface area contributed by atoms with E-state index in [4.69, 9.17) is 21.6 Å². The van der Waals surface area contributed by atoms with Crippen molar-refractivity contribution >= 4 is 34.4 Å². The molecule has 5 rings (SSSR count). The van der Waals surface area contributed by atoms with Crippen LogP contribution in [0.25, 0.3) is 10.7 Å². The van der Waals surface area contributed by atoms with E-state index < -0.39 is 0 Å². The molecule has 3 aromatic heterocycles. The topological polar surface area (TPSA) is 92.3 Å². The molecule has 1 fully saturated rings. The number of nitrogens with zero attached hydrogens (tertiary/aromatic N) is 5. The summed E-state index contributed by atoms with van der Waals surface area (Å²) in [5.74, 6) is 2.79. The Hall–Kier alpha value is -2.84. The van der Waals surface area contributed by atoms with Crippen LogP contribution in [0.3, 0.4) is 0 Å². The van der Waals surface area contributed by atoms with Gasteiger partial charge < -0.3 is 5.32 Å². The molecule has 1 aromatic carbocycles. The van der Waals surface area contributed by atoms with Crippen molar-refractivity contribution in [2.75, 3.05) is 5.32 Å². The molecule has 4 aromatic rings. The minimum absolute atomic E-state index is 0.538. The fraction of sp³-hybridized carbons (Fsp3) is 0.211. The first-order valence-electron chi connectivity index (χ1n) is 8.96. The number of hydrogen-bond acceptors (Lipinski definition) is 7. The van der Waals surface area contributed by atoms with Gasteiger partial charge in [0.1, 0.15) is 5.82 Å². The van der Waals surface area contributed by atoms with E-state index in [9.17, 15) is 0 Å². The lowest BCUT2D eigenvalue weighted by molar-refractivity contribution is 0.881. The summed E-state index contributed by atoms with van der Waals surface area (Å²) in [7, 11) is 0. The second-order valence-corrected chi connectivity index (χ2v) is 8.44. The van der Waals surface area contributed by atoms with Crippen molar-refractivity contribution in [1.29, 1.82) is 0 Å². The minimum atomic E-state index is 0.538. The number of H-pyrrole nitrogens is 1. The zero-order valence-electron chi connectivity index (χ0n) is 14.8. The van der Waals surface area contributed by atoms with Crippen molar-refractivity contribution in [2.24, 2.45) is 0 Å². The van der Waals surface area contributed by atoms with E-state index in [2.05, 4.69) is 25.9 Å². The lowest BCUT2D eigenvalue weighted by Crippen LogP contribution is -2.00. The summed E-state index contributed by atoms with van der Waals surface area (Å²) in [5, 5.41) is 17.3. The number of benzene rings is 1. The van der Waals surface area contributed by atoms with E-state index >= 15 is 0 Å². The average molecular weight is 410 g/mol. The molecule has 0 bridgehead atoms. The average Bonchev–Trinajstić information content (AvgIpc) is 3.27. The molecule has 0 radical (unpaired) electrons. The van der Waals surface area contributed by atoms with Crippen LogP contribution < -0.4 is 5.32 Å². The lowest BCUT2D eigenvalue weighted by Gasteiger charge is -2.10. The highest BCUT2D eigenvalue weighted by molar-refractivity contribution is 7.19. The first kappa shape index (κ1) is 17.3. The molecule has 0 unspecified atom stereocenters. The van der Waals surface area contributed by atoms with Crippen LogP contribution in [0, 0.1) is 0 Å². The number of thiophene rings is 1. The van der Waals surface area contributed by atoms with Crippen molar-refractivity contribution in [1.82, 2.24) is 30.6 Å². The van der Waals surface area contributed by atoms with E-state index in [1.807, 2.05) is 42.5 Å². The van der Waals surface area contributed by atoms with Crippen LogP contribution in [-0.4, -0.2) is 30.6 Å². The maximum atomic E-state index is 6.09. The van der Waals surface area contributed by atoms with Crippen LogP contribution in [0.4, 0.5) is 11.5 Å². The van der Waals surface area contributed by atoms with Gasteiger partial charge in [-0.15, -0.1) is 16.4 Å². The van der Waals surface area contributed by atoms with E-state index in [1.54, 1.807) is 0 Å².